The molecule has 0 amide bonds. The predicted molar refractivity (Wildman–Crippen MR) is 128 cm³/mol. The summed E-state index contributed by atoms with van der Waals surface area (Å²) in [5, 5.41) is 3.70. The van der Waals surface area contributed by atoms with Gasteiger partial charge in [0.25, 0.3) is 0 Å². The topological polar surface area (TPSA) is 26.0 Å². The molecular weight excluding hydrogens is 378 g/mol. The van der Waals surface area contributed by atoms with E-state index in [2.05, 4.69) is 81.4 Å². The van der Waals surface area contributed by atoms with Crippen LogP contribution in [-0.4, -0.2) is 4.98 Å². The van der Waals surface area contributed by atoms with Crippen LogP contribution < -0.4 is 0 Å². The lowest BCUT2D eigenvalue weighted by molar-refractivity contribution is 0.546. The largest absolute Gasteiger partial charge is 0.460 e. The molecule has 2 aromatic heterocycles. The summed E-state index contributed by atoms with van der Waals surface area (Å²) in [5.41, 5.74) is 8.37. The number of rotatable bonds is 1. The molecule has 0 unspecified atom stereocenters. The fourth-order valence-corrected chi connectivity index (χ4v) is 5.07. The van der Waals surface area contributed by atoms with Crippen molar-refractivity contribution < 1.29 is 4.42 Å². The zero-order chi connectivity index (χ0) is 21.2. The Morgan fingerprint density at radius 1 is 0.871 bits per heavy atom. The number of furan rings is 1. The second-order valence-electron chi connectivity index (χ2n) is 9.59. The summed E-state index contributed by atoms with van der Waals surface area (Å²) in [6.45, 7) is 6.84. The number of aromatic nitrogens is 1. The molecule has 0 spiro atoms. The smallest absolute Gasteiger partial charge is 0.138 e. The number of hydrogen-bond acceptors (Lipinski definition) is 2. The van der Waals surface area contributed by atoms with E-state index in [1.54, 1.807) is 0 Å². The lowest BCUT2D eigenvalue weighted by Gasteiger charge is -2.23. The molecule has 5 aromatic rings. The summed E-state index contributed by atoms with van der Waals surface area (Å²) in [6, 6.07) is 24.0. The highest BCUT2D eigenvalue weighted by Gasteiger charge is 2.26. The van der Waals surface area contributed by atoms with Crippen molar-refractivity contribution in [2.45, 2.75) is 39.0 Å². The molecule has 152 valence electrons. The SMILES string of the molecule is CC(C)(C)c1cc(-c2nccc3oc4c(c23)-c2ccccc2CC4)cc2ccccc12. The molecule has 2 heteroatoms. The van der Waals surface area contributed by atoms with Crippen molar-refractivity contribution in [2.24, 2.45) is 0 Å². The average molecular weight is 404 g/mol. The van der Waals surface area contributed by atoms with E-state index in [-0.39, 0.29) is 5.41 Å². The Morgan fingerprint density at radius 3 is 2.55 bits per heavy atom. The van der Waals surface area contributed by atoms with Gasteiger partial charge in [0.15, 0.2) is 0 Å². The number of nitrogens with zero attached hydrogens (tertiary/aromatic N) is 1. The molecule has 6 rings (SSSR count). The molecule has 31 heavy (non-hydrogen) atoms. The Morgan fingerprint density at radius 2 is 1.68 bits per heavy atom. The van der Waals surface area contributed by atoms with Crippen molar-refractivity contribution in [1.82, 2.24) is 4.98 Å². The highest BCUT2D eigenvalue weighted by Crippen LogP contribution is 2.45. The molecule has 0 N–H and O–H groups in total. The van der Waals surface area contributed by atoms with Gasteiger partial charge in [0.2, 0.25) is 0 Å². The van der Waals surface area contributed by atoms with Crippen LogP contribution in [0, 0.1) is 0 Å². The van der Waals surface area contributed by atoms with E-state index >= 15 is 0 Å². The van der Waals surface area contributed by atoms with Crippen molar-refractivity contribution in [2.75, 3.05) is 0 Å². The number of benzene rings is 3. The summed E-state index contributed by atoms with van der Waals surface area (Å²) in [4.78, 5) is 4.90. The number of pyridine rings is 1. The normalized spacial score (nSPS) is 13.4. The fraction of sp³-hybridized carbons (Fsp3) is 0.207. The summed E-state index contributed by atoms with van der Waals surface area (Å²) < 4.78 is 6.35. The van der Waals surface area contributed by atoms with E-state index in [1.807, 2.05) is 12.3 Å². The Hall–Kier alpha value is -3.39. The van der Waals surface area contributed by atoms with E-state index in [1.165, 1.54) is 33.0 Å². The zero-order valence-electron chi connectivity index (χ0n) is 18.2. The first-order valence-corrected chi connectivity index (χ1v) is 11.0. The van der Waals surface area contributed by atoms with Crippen LogP contribution in [0.1, 0.15) is 37.7 Å². The molecule has 1 aliphatic rings. The second kappa shape index (κ2) is 6.55. The van der Waals surface area contributed by atoms with Crippen LogP contribution in [0.15, 0.2) is 77.3 Å². The van der Waals surface area contributed by atoms with Crippen molar-refractivity contribution in [3.8, 4) is 22.4 Å². The molecule has 0 bridgehead atoms. The third-order valence-electron chi connectivity index (χ3n) is 6.53. The molecule has 0 radical (unpaired) electrons. The minimum Gasteiger partial charge on any atom is -0.460 e. The van der Waals surface area contributed by atoms with E-state index in [0.717, 1.165) is 40.8 Å². The monoisotopic (exact) mass is 403 g/mol. The Bertz CT molecular complexity index is 1470. The maximum absolute atomic E-state index is 6.35. The van der Waals surface area contributed by atoms with Gasteiger partial charge in [-0.3, -0.25) is 4.98 Å². The van der Waals surface area contributed by atoms with Gasteiger partial charge < -0.3 is 4.42 Å². The van der Waals surface area contributed by atoms with Crippen LogP contribution in [0.5, 0.6) is 0 Å². The third kappa shape index (κ3) is 2.82. The minimum absolute atomic E-state index is 0.0337. The van der Waals surface area contributed by atoms with Crippen molar-refractivity contribution >= 4 is 21.7 Å². The number of hydrogen-bond donors (Lipinski definition) is 0. The first-order chi connectivity index (χ1) is 15.0. The molecule has 0 aliphatic heterocycles. The van der Waals surface area contributed by atoms with Gasteiger partial charge in [0.1, 0.15) is 11.3 Å². The molecule has 2 nitrogen and oxygen atoms in total. The van der Waals surface area contributed by atoms with Gasteiger partial charge in [-0.2, -0.15) is 0 Å². The second-order valence-corrected chi connectivity index (χ2v) is 9.59. The third-order valence-corrected chi connectivity index (χ3v) is 6.53. The lowest BCUT2D eigenvalue weighted by atomic mass is 9.81. The van der Waals surface area contributed by atoms with Crippen LogP contribution in [-0.2, 0) is 18.3 Å². The highest BCUT2D eigenvalue weighted by molar-refractivity contribution is 6.06. The molecule has 3 aromatic carbocycles. The lowest BCUT2D eigenvalue weighted by Crippen LogP contribution is -2.12. The van der Waals surface area contributed by atoms with Crippen LogP contribution in [0.25, 0.3) is 44.1 Å². The van der Waals surface area contributed by atoms with Crippen LogP contribution >= 0.6 is 0 Å². The first-order valence-electron chi connectivity index (χ1n) is 11.0. The Kier molecular flexibility index (Phi) is 3.89. The molecule has 1 aliphatic carbocycles. The average Bonchev–Trinajstić information content (AvgIpc) is 3.17. The Labute approximate surface area is 182 Å². The molecule has 2 heterocycles. The number of fused-ring (bicyclic) bond motifs is 6. The molecule has 0 fully saturated rings. The highest BCUT2D eigenvalue weighted by atomic mass is 16.3. The van der Waals surface area contributed by atoms with Gasteiger partial charge >= 0.3 is 0 Å². The van der Waals surface area contributed by atoms with Gasteiger partial charge in [0.05, 0.1) is 11.1 Å². The predicted octanol–water partition coefficient (Wildman–Crippen LogP) is 7.71. The molecule has 0 atom stereocenters. The van der Waals surface area contributed by atoms with E-state index in [0.29, 0.717) is 0 Å². The van der Waals surface area contributed by atoms with Gasteiger partial charge in [-0.15, -0.1) is 0 Å². The summed E-state index contributed by atoms with van der Waals surface area (Å²) in [5.74, 6) is 1.08. The summed E-state index contributed by atoms with van der Waals surface area (Å²) in [7, 11) is 0. The van der Waals surface area contributed by atoms with Crippen LogP contribution in [0.2, 0.25) is 0 Å². The van der Waals surface area contributed by atoms with E-state index < -0.39 is 0 Å². The zero-order valence-corrected chi connectivity index (χ0v) is 18.2. The van der Waals surface area contributed by atoms with Gasteiger partial charge in [-0.05, 0) is 57.5 Å². The van der Waals surface area contributed by atoms with Crippen molar-refractivity contribution in [3.63, 3.8) is 0 Å². The molecule has 0 saturated carbocycles. The standard InChI is InChI=1S/C29H25NO/c1-29(2,3)23-17-20(16-19-9-5-6-10-21(19)23)28-27-25(14-15-30-28)31-24-13-12-18-8-4-7-11-22(18)26(24)27/h4-11,14-17H,12-13H2,1-3H3. The van der Waals surface area contributed by atoms with Crippen LogP contribution in [0.3, 0.4) is 0 Å². The fourth-order valence-electron chi connectivity index (χ4n) is 5.07. The van der Waals surface area contributed by atoms with Crippen LogP contribution in [0.4, 0.5) is 0 Å². The maximum Gasteiger partial charge on any atom is 0.138 e. The quantitative estimate of drug-likeness (QED) is 0.286. The molecular formula is C29H25NO. The summed E-state index contributed by atoms with van der Waals surface area (Å²) >= 11 is 0. The van der Waals surface area contributed by atoms with Gasteiger partial charge in [0, 0.05) is 23.7 Å². The summed E-state index contributed by atoms with van der Waals surface area (Å²) in [6.07, 6.45) is 3.84. The van der Waals surface area contributed by atoms with E-state index in [4.69, 9.17) is 9.40 Å². The minimum atomic E-state index is 0.0337. The number of aryl methyl sites for hydroxylation is 2. The van der Waals surface area contributed by atoms with Crippen molar-refractivity contribution in [3.05, 3.63) is 89.8 Å². The van der Waals surface area contributed by atoms with Gasteiger partial charge in [-0.25, -0.2) is 0 Å². The van der Waals surface area contributed by atoms with Crippen molar-refractivity contribution in [1.29, 1.82) is 0 Å². The Balaban J connectivity index is 1.69. The first kappa shape index (κ1) is 18.4. The van der Waals surface area contributed by atoms with E-state index in [9.17, 15) is 0 Å². The van der Waals surface area contributed by atoms with Gasteiger partial charge in [-0.1, -0.05) is 69.3 Å². The molecule has 0 saturated heterocycles. The maximum atomic E-state index is 6.35.